The van der Waals surface area contributed by atoms with E-state index in [4.69, 9.17) is 37.9 Å². The Kier molecular flexibility index (Phi) is 16.1. The number of benzene rings is 4. The van der Waals surface area contributed by atoms with Crippen molar-refractivity contribution in [3.05, 3.63) is 137 Å². The van der Waals surface area contributed by atoms with Crippen LogP contribution >= 0.6 is 63.7 Å². The maximum atomic E-state index is 14.0. The summed E-state index contributed by atoms with van der Waals surface area (Å²) >= 11 is 13.3. The Balaban J connectivity index is 1.41. The summed E-state index contributed by atoms with van der Waals surface area (Å²) in [6, 6.07) is 24.7. The molecule has 2 heterocycles. The maximum absolute atomic E-state index is 14.0. The zero-order valence-electron chi connectivity index (χ0n) is 31.2. The van der Waals surface area contributed by atoms with Gasteiger partial charge < -0.3 is 53.2 Å². The van der Waals surface area contributed by atoms with Gasteiger partial charge in [0.2, 0.25) is 0 Å². The first-order valence-corrected chi connectivity index (χ1v) is 21.2. The standard InChI is InChI=1S/C41H36Br4O15/c1-53-40-32(48)31(47)30(46)28(56-40)18-55-41-35(60-39(52)23-8-16-27(45)17-9-23)34(59-38(51)22-6-14-26(44)15-7-22)33(58-37(50)21-4-12-25(43)13-5-21)29(57-41)19-54-36(49)20-2-10-24(42)11-3-20/h2-17,28-35,40-41,46-48H,18-19H2,1H3/t28-,29-,30-,31+,32-,33-,34+,35-,40+,41-/m1/s1. The van der Waals surface area contributed by atoms with Crippen LogP contribution in [0.1, 0.15) is 41.4 Å². The number of aliphatic hydroxyl groups is 3. The van der Waals surface area contributed by atoms with E-state index in [1.165, 1.54) is 55.6 Å². The van der Waals surface area contributed by atoms with E-state index in [1.54, 1.807) is 48.5 Å². The van der Waals surface area contributed by atoms with E-state index in [-0.39, 0.29) is 22.3 Å². The van der Waals surface area contributed by atoms with Crippen LogP contribution in [0.4, 0.5) is 0 Å². The zero-order chi connectivity index (χ0) is 43.1. The van der Waals surface area contributed by atoms with Crippen LogP contribution in [0.25, 0.3) is 0 Å². The molecule has 60 heavy (non-hydrogen) atoms. The highest BCUT2D eigenvalue weighted by Gasteiger charge is 2.54. The smallest absolute Gasteiger partial charge is 0.338 e. The van der Waals surface area contributed by atoms with Gasteiger partial charge in [-0.15, -0.1) is 0 Å². The van der Waals surface area contributed by atoms with Crippen molar-refractivity contribution >= 4 is 87.6 Å². The Morgan fingerprint density at radius 1 is 0.483 bits per heavy atom. The largest absolute Gasteiger partial charge is 0.459 e. The summed E-state index contributed by atoms with van der Waals surface area (Å²) in [5.74, 6) is -3.55. The Morgan fingerprint density at radius 2 is 0.867 bits per heavy atom. The van der Waals surface area contributed by atoms with Crippen LogP contribution in [0.5, 0.6) is 0 Å². The highest BCUT2D eigenvalue weighted by Crippen LogP contribution is 2.33. The number of hydrogen-bond acceptors (Lipinski definition) is 15. The van der Waals surface area contributed by atoms with Gasteiger partial charge in [-0.3, -0.25) is 0 Å². The maximum Gasteiger partial charge on any atom is 0.338 e. The zero-order valence-corrected chi connectivity index (χ0v) is 37.5. The van der Waals surface area contributed by atoms with E-state index in [0.717, 1.165) is 0 Å². The molecule has 4 aromatic rings. The van der Waals surface area contributed by atoms with Crippen molar-refractivity contribution in [1.29, 1.82) is 0 Å². The number of ether oxygens (including phenoxy) is 8. The molecule has 3 N–H and O–H groups in total. The highest BCUT2D eigenvalue weighted by atomic mass is 79.9. The third-order valence-corrected chi connectivity index (χ3v) is 11.5. The van der Waals surface area contributed by atoms with E-state index in [9.17, 15) is 34.5 Å². The molecule has 15 nitrogen and oxygen atoms in total. The summed E-state index contributed by atoms with van der Waals surface area (Å²) in [7, 11) is 1.22. The average Bonchev–Trinajstić information content (AvgIpc) is 3.24. The molecule has 0 spiro atoms. The number of aliphatic hydroxyl groups excluding tert-OH is 3. The Bertz CT molecular complexity index is 2100. The van der Waals surface area contributed by atoms with Gasteiger partial charge in [-0.2, -0.15) is 0 Å². The molecule has 2 fully saturated rings. The molecule has 0 aliphatic carbocycles. The fourth-order valence-electron chi connectivity index (χ4n) is 6.15. The lowest BCUT2D eigenvalue weighted by atomic mass is 9.97. The van der Waals surface area contributed by atoms with Gasteiger partial charge in [0.25, 0.3) is 0 Å². The first-order chi connectivity index (χ1) is 28.7. The molecule has 0 amide bonds. The minimum absolute atomic E-state index is 0.0632. The third-order valence-electron chi connectivity index (χ3n) is 9.34. The molecule has 19 heteroatoms. The van der Waals surface area contributed by atoms with Crippen LogP contribution in [-0.4, -0.2) is 121 Å². The van der Waals surface area contributed by atoms with Gasteiger partial charge in [0.15, 0.2) is 30.9 Å². The number of hydrogen-bond donors (Lipinski definition) is 3. The fourth-order valence-corrected chi connectivity index (χ4v) is 7.20. The summed E-state index contributed by atoms with van der Waals surface area (Å²) in [6.45, 7) is -1.21. The minimum Gasteiger partial charge on any atom is -0.459 e. The van der Waals surface area contributed by atoms with Gasteiger partial charge in [-0.05, 0) is 97.1 Å². The van der Waals surface area contributed by atoms with Crippen LogP contribution in [0.2, 0.25) is 0 Å². The quantitative estimate of drug-likeness (QED) is 0.108. The highest BCUT2D eigenvalue weighted by molar-refractivity contribution is 9.11. The van der Waals surface area contributed by atoms with Crippen molar-refractivity contribution in [2.24, 2.45) is 0 Å². The molecule has 4 aromatic carbocycles. The van der Waals surface area contributed by atoms with Crippen LogP contribution in [0.15, 0.2) is 115 Å². The number of methoxy groups -OCH3 is 1. The van der Waals surface area contributed by atoms with Crippen molar-refractivity contribution in [1.82, 2.24) is 0 Å². The van der Waals surface area contributed by atoms with Crippen LogP contribution in [0.3, 0.4) is 0 Å². The molecule has 318 valence electrons. The van der Waals surface area contributed by atoms with Gasteiger partial charge in [0.1, 0.15) is 37.1 Å². The molecule has 10 atom stereocenters. The average molecular weight is 1090 g/mol. The van der Waals surface area contributed by atoms with Crippen molar-refractivity contribution in [2.45, 2.75) is 61.4 Å². The van der Waals surface area contributed by atoms with Crippen LogP contribution in [0, 0.1) is 0 Å². The summed E-state index contributed by atoms with van der Waals surface area (Å²) in [5.41, 5.74) is 0.380. The second-order valence-corrected chi connectivity index (χ2v) is 17.0. The van der Waals surface area contributed by atoms with Gasteiger partial charge in [0.05, 0.1) is 28.9 Å². The molecular formula is C41H36Br4O15. The van der Waals surface area contributed by atoms with Crippen LogP contribution in [-0.2, 0) is 37.9 Å². The van der Waals surface area contributed by atoms with Gasteiger partial charge >= 0.3 is 23.9 Å². The topological polar surface area (TPSA) is 203 Å². The second-order valence-electron chi connectivity index (χ2n) is 13.4. The molecule has 2 saturated heterocycles. The molecule has 0 saturated carbocycles. The Hall–Kier alpha value is -3.60. The summed E-state index contributed by atoms with van der Waals surface area (Å²) < 4.78 is 49.8. The summed E-state index contributed by atoms with van der Waals surface area (Å²) in [4.78, 5) is 55.0. The van der Waals surface area contributed by atoms with E-state index in [2.05, 4.69) is 63.7 Å². The molecule has 2 aliphatic rings. The summed E-state index contributed by atoms with van der Waals surface area (Å²) in [5, 5.41) is 31.7. The van der Waals surface area contributed by atoms with E-state index >= 15 is 0 Å². The molecule has 0 radical (unpaired) electrons. The van der Waals surface area contributed by atoms with Gasteiger partial charge in [-0.1, -0.05) is 63.7 Å². The predicted molar refractivity (Wildman–Crippen MR) is 223 cm³/mol. The predicted octanol–water partition coefficient (Wildman–Crippen LogP) is 5.77. The molecule has 0 aromatic heterocycles. The van der Waals surface area contributed by atoms with E-state index < -0.39 is 98.5 Å². The summed E-state index contributed by atoms with van der Waals surface area (Å²) in [6.07, 6.45) is -16.1. The molecule has 0 unspecified atom stereocenters. The van der Waals surface area contributed by atoms with Crippen molar-refractivity contribution < 1.29 is 72.4 Å². The van der Waals surface area contributed by atoms with Crippen LogP contribution < -0.4 is 0 Å². The molecule has 0 bridgehead atoms. The first-order valence-electron chi connectivity index (χ1n) is 18.0. The third kappa shape index (κ3) is 11.4. The minimum atomic E-state index is -1.74. The Labute approximate surface area is 376 Å². The van der Waals surface area contributed by atoms with Gasteiger partial charge in [-0.25, -0.2) is 19.2 Å². The number of rotatable bonds is 13. The monoisotopic (exact) mass is 1080 g/mol. The first kappa shape index (κ1) is 45.9. The lowest BCUT2D eigenvalue weighted by molar-refractivity contribution is -0.327. The lowest BCUT2D eigenvalue weighted by Crippen LogP contribution is -2.64. The molecular weight excluding hydrogens is 1050 g/mol. The number of halogens is 4. The van der Waals surface area contributed by atoms with Crippen molar-refractivity contribution in [3.8, 4) is 0 Å². The fraction of sp³-hybridized carbons (Fsp3) is 0.317. The number of carbonyl (C=O) groups excluding carboxylic acids is 4. The Morgan fingerprint density at radius 3 is 1.30 bits per heavy atom. The van der Waals surface area contributed by atoms with E-state index in [0.29, 0.717) is 17.9 Å². The SMILES string of the molecule is CO[C@H]1O[C@H](CO[C@@H]2O[C@H](COC(=O)c3ccc(Br)cc3)[C@@H](OC(=O)c3ccc(Br)cc3)[C@H](OC(=O)c3ccc(Br)cc3)[C@H]2OC(=O)c2ccc(Br)cc2)[C@@H](O)[C@H](O)[C@H]1O. The van der Waals surface area contributed by atoms with Crippen molar-refractivity contribution in [3.63, 3.8) is 0 Å². The number of esters is 4. The second kappa shape index (κ2) is 21.0. The number of carbonyl (C=O) groups is 4. The molecule has 6 rings (SSSR count). The van der Waals surface area contributed by atoms with Crippen molar-refractivity contribution in [2.75, 3.05) is 20.3 Å². The van der Waals surface area contributed by atoms with Gasteiger partial charge in [0, 0.05) is 25.0 Å². The van der Waals surface area contributed by atoms with E-state index in [1.807, 2.05) is 0 Å². The molecule has 2 aliphatic heterocycles. The normalized spacial score (nSPS) is 26.4. The lowest BCUT2D eigenvalue weighted by Gasteiger charge is -2.45.